The summed E-state index contributed by atoms with van der Waals surface area (Å²) in [5.74, 6) is 1.73. The van der Waals surface area contributed by atoms with Gasteiger partial charge in [0.25, 0.3) is 5.91 Å². The van der Waals surface area contributed by atoms with Gasteiger partial charge in [-0.05, 0) is 53.0 Å². The van der Waals surface area contributed by atoms with Crippen LogP contribution in [0.4, 0.5) is 5.69 Å². The van der Waals surface area contributed by atoms with Gasteiger partial charge in [0, 0.05) is 18.1 Å². The van der Waals surface area contributed by atoms with Crippen LogP contribution in [0.15, 0.2) is 34.7 Å². The van der Waals surface area contributed by atoms with Crippen LogP contribution in [-0.4, -0.2) is 34.3 Å². The lowest BCUT2D eigenvalue weighted by Crippen LogP contribution is -2.34. The minimum Gasteiger partial charge on any atom is -0.496 e. The number of benzene rings is 2. The molecule has 4 rings (SSSR count). The molecule has 1 amide bonds. The minimum atomic E-state index is -0.507. The molecule has 0 unspecified atom stereocenters. The molecule has 0 atom stereocenters. The zero-order valence-corrected chi connectivity index (χ0v) is 23.9. The van der Waals surface area contributed by atoms with Crippen molar-refractivity contribution in [3.05, 3.63) is 64.1 Å². The third-order valence-electron chi connectivity index (χ3n) is 7.71. The summed E-state index contributed by atoms with van der Waals surface area (Å²) in [5, 5.41) is 12.4. The minimum absolute atomic E-state index is 0.0544. The number of furan rings is 1. The number of rotatable bonds is 8. The fraction of sp³-hybridized carbons (Fsp3) is 0.419. The molecule has 1 aromatic heterocycles. The first-order valence-corrected chi connectivity index (χ1v) is 12.8. The van der Waals surface area contributed by atoms with Crippen LogP contribution in [0, 0.1) is 11.3 Å². The molecule has 206 valence electrons. The van der Waals surface area contributed by atoms with E-state index in [1.807, 2.05) is 0 Å². The third kappa shape index (κ3) is 5.14. The second kappa shape index (κ2) is 10.6. The van der Waals surface area contributed by atoms with Crippen molar-refractivity contribution in [1.82, 2.24) is 0 Å². The molecule has 0 bridgehead atoms. The van der Waals surface area contributed by atoms with Crippen LogP contribution in [0.5, 0.6) is 23.0 Å². The van der Waals surface area contributed by atoms with Gasteiger partial charge in [-0.25, -0.2) is 0 Å². The molecule has 1 aliphatic rings. The molecule has 0 spiro atoms. The highest BCUT2D eigenvalue weighted by molar-refractivity contribution is 6.04. The first-order valence-electron chi connectivity index (χ1n) is 12.8. The maximum Gasteiger partial charge on any atom is 0.291 e. The van der Waals surface area contributed by atoms with E-state index in [0.717, 1.165) is 24.2 Å². The fourth-order valence-corrected chi connectivity index (χ4v) is 5.29. The summed E-state index contributed by atoms with van der Waals surface area (Å²) in [4.78, 5) is 13.2. The van der Waals surface area contributed by atoms with E-state index in [1.54, 1.807) is 19.2 Å². The molecular weight excluding hydrogens is 496 g/mol. The molecule has 0 saturated carbocycles. The Morgan fingerprint density at radius 3 is 2.08 bits per heavy atom. The Morgan fingerprint density at radius 1 is 0.897 bits per heavy atom. The number of ether oxygens (including phenoxy) is 4. The highest BCUT2D eigenvalue weighted by atomic mass is 16.5. The van der Waals surface area contributed by atoms with E-state index in [0.29, 0.717) is 12.2 Å². The summed E-state index contributed by atoms with van der Waals surface area (Å²) in [6.45, 7) is 9.13. The Labute approximate surface area is 229 Å². The molecule has 2 aromatic carbocycles. The van der Waals surface area contributed by atoms with Gasteiger partial charge in [0.2, 0.25) is 0 Å². The molecule has 0 aliphatic heterocycles. The lowest BCUT2D eigenvalue weighted by atomic mass is 9.63. The summed E-state index contributed by atoms with van der Waals surface area (Å²) < 4.78 is 27.9. The predicted molar refractivity (Wildman–Crippen MR) is 149 cm³/mol. The quantitative estimate of drug-likeness (QED) is 0.359. The molecule has 0 radical (unpaired) electrons. The Hall–Kier alpha value is -4.12. The van der Waals surface area contributed by atoms with Gasteiger partial charge in [-0.2, -0.15) is 5.26 Å². The Bertz CT molecular complexity index is 1440. The second-order valence-corrected chi connectivity index (χ2v) is 11.1. The number of methoxy groups -OCH3 is 4. The van der Waals surface area contributed by atoms with Crippen molar-refractivity contribution in [3.63, 3.8) is 0 Å². The molecule has 1 N–H and O–H groups in total. The van der Waals surface area contributed by atoms with Crippen molar-refractivity contribution < 1.29 is 28.2 Å². The smallest absolute Gasteiger partial charge is 0.291 e. The van der Waals surface area contributed by atoms with Gasteiger partial charge in [-0.3, -0.25) is 4.79 Å². The number of anilines is 1. The van der Waals surface area contributed by atoms with Crippen LogP contribution in [0.25, 0.3) is 0 Å². The number of carbonyl (C=O) groups is 1. The van der Waals surface area contributed by atoms with Crippen molar-refractivity contribution in [3.8, 4) is 29.1 Å². The first-order chi connectivity index (χ1) is 18.5. The zero-order valence-electron chi connectivity index (χ0n) is 23.9. The van der Waals surface area contributed by atoms with Crippen LogP contribution in [0.1, 0.15) is 79.1 Å². The van der Waals surface area contributed by atoms with Crippen LogP contribution in [0.2, 0.25) is 0 Å². The van der Waals surface area contributed by atoms with E-state index < -0.39 is 5.91 Å². The summed E-state index contributed by atoms with van der Waals surface area (Å²) in [5.41, 5.74) is 4.12. The fourth-order valence-electron chi connectivity index (χ4n) is 5.29. The molecule has 1 aliphatic carbocycles. The van der Waals surface area contributed by atoms with Gasteiger partial charge in [0.05, 0.1) is 28.4 Å². The van der Waals surface area contributed by atoms with Gasteiger partial charge in [-0.15, -0.1) is 0 Å². The normalized spacial score (nSPS) is 15.1. The maximum absolute atomic E-state index is 13.2. The third-order valence-corrected chi connectivity index (χ3v) is 7.71. The summed E-state index contributed by atoms with van der Waals surface area (Å²) in [7, 11) is 5.98. The molecule has 0 saturated heterocycles. The Morgan fingerprint density at radius 2 is 1.51 bits per heavy atom. The van der Waals surface area contributed by atoms with Crippen molar-refractivity contribution in [2.45, 2.75) is 57.8 Å². The molecule has 39 heavy (non-hydrogen) atoms. The molecule has 8 heteroatoms. The van der Waals surface area contributed by atoms with Crippen LogP contribution in [-0.2, 0) is 17.3 Å². The van der Waals surface area contributed by atoms with Gasteiger partial charge in [0.15, 0.2) is 11.5 Å². The Kier molecular flexibility index (Phi) is 7.56. The van der Waals surface area contributed by atoms with Gasteiger partial charge in [0.1, 0.15) is 40.3 Å². The molecule has 3 aromatic rings. The highest BCUT2D eigenvalue weighted by Crippen LogP contribution is 2.48. The van der Waals surface area contributed by atoms with E-state index in [4.69, 9.17) is 23.4 Å². The SMILES string of the molecule is COc1cc2c(cc1Cc1ccc(C(=O)Nc3c(OC)cc(OC)c(C#N)c3OC)o1)C(C)(C)CCC2(C)C. The van der Waals surface area contributed by atoms with Gasteiger partial charge >= 0.3 is 0 Å². The lowest BCUT2D eigenvalue weighted by Gasteiger charge is -2.42. The van der Waals surface area contributed by atoms with Crippen molar-refractivity contribution in [2.75, 3.05) is 33.8 Å². The number of nitriles is 1. The van der Waals surface area contributed by atoms with Crippen molar-refractivity contribution in [2.24, 2.45) is 0 Å². The number of hydrogen-bond donors (Lipinski definition) is 1. The van der Waals surface area contributed by atoms with Crippen LogP contribution in [0.3, 0.4) is 0 Å². The van der Waals surface area contributed by atoms with Crippen LogP contribution >= 0.6 is 0 Å². The number of nitrogens with one attached hydrogen (secondary N) is 1. The predicted octanol–water partition coefficient (Wildman–Crippen LogP) is 6.38. The monoisotopic (exact) mass is 532 g/mol. The van der Waals surface area contributed by atoms with Gasteiger partial charge in [-0.1, -0.05) is 33.8 Å². The maximum atomic E-state index is 13.2. The molecule has 0 fully saturated rings. The average Bonchev–Trinajstić information content (AvgIpc) is 3.39. The topological polar surface area (TPSA) is 103 Å². The van der Waals surface area contributed by atoms with E-state index in [1.165, 1.54) is 38.5 Å². The molecule has 8 nitrogen and oxygen atoms in total. The molecule has 1 heterocycles. The summed E-state index contributed by atoms with van der Waals surface area (Å²) >= 11 is 0. The van der Waals surface area contributed by atoms with E-state index >= 15 is 0 Å². The zero-order chi connectivity index (χ0) is 28.5. The largest absolute Gasteiger partial charge is 0.496 e. The second-order valence-electron chi connectivity index (χ2n) is 11.1. The van der Waals surface area contributed by atoms with Crippen molar-refractivity contribution in [1.29, 1.82) is 5.26 Å². The lowest BCUT2D eigenvalue weighted by molar-refractivity contribution is 0.0994. The number of nitrogens with zero attached hydrogens (tertiary/aromatic N) is 1. The van der Waals surface area contributed by atoms with Gasteiger partial charge < -0.3 is 28.7 Å². The highest BCUT2D eigenvalue weighted by Gasteiger charge is 2.38. The number of carbonyl (C=O) groups excluding carboxylic acids is 1. The van der Waals surface area contributed by atoms with E-state index in [-0.39, 0.29) is 45.1 Å². The number of amides is 1. The molecular formula is C31H36N2O6. The Balaban J connectivity index is 1.64. The first kappa shape index (κ1) is 27.9. The van der Waals surface area contributed by atoms with Crippen molar-refractivity contribution >= 4 is 11.6 Å². The summed E-state index contributed by atoms with van der Waals surface area (Å²) in [6.07, 6.45) is 2.69. The number of hydrogen-bond acceptors (Lipinski definition) is 7. The number of fused-ring (bicyclic) bond motifs is 1. The van der Waals surface area contributed by atoms with E-state index in [9.17, 15) is 10.1 Å². The standard InChI is InChI=1S/C31H36N2O6/c1-30(2)11-12-31(3,4)22-15-24(35-5)18(14-21(22)30)13-19-9-10-23(39-19)29(34)33-27-26(37-7)16-25(36-6)20(17-32)28(27)38-8/h9-10,14-16H,11-13H2,1-8H3,(H,33,34). The summed E-state index contributed by atoms with van der Waals surface area (Å²) in [6, 6.07) is 11.4. The van der Waals surface area contributed by atoms with E-state index in [2.05, 4.69) is 51.2 Å². The average molecular weight is 533 g/mol. The van der Waals surface area contributed by atoms with Crippen LogP contribution < -0.4 is 24.3 Å².